The van der Waals surface area contributed by atoms with Crippen LogP contribution in [0.25, 0.3) is 16.3 Å². The van der Waals surface area contributed by atoms with E-state index < -0.39 is 12.1 Å². The first-order chi connectivity index (χ1) is 22.0. The number of ether oxygens (including phenoxy) is 1. The molecule has 1 saturated heterocycles. The summed E-state index contributed by atoms with van der Waals surface area (Å²) in [6, 6.07) is 15.6. The topological polar surface area (TPSA) is 136 Å². The summed E-state index contributed by atoms with van der Waals surface area (Å²) < 4.78 is 8.12. The summed E-state index contributed by atoms with van der Waals surface area (Å²) in [7, 11) is 0. The van der Waals surface area contributed by atoms with E-state index in [2.05, 4.69) is 42.9 Å². The minimum atomic E-state index is -0.795. The molecule has 230 valence electrons. The summed E-state index contributed by atoms with van der Waals surface area (Å²) >= 11 is 7.51. The fourth-order valence-electron chi connectivity index (χ4n) is 5.22. The second-order valence-corrected chi connectivity index (χ2v) is 11.8. The summed E-state index contributed by atoms with van der Waals surface area (Å²) in [5.41, 5.74) is 3.08. The van der Waals surface area contributed by atoms with Crippen LogP contribution in [0.2, 0.25) is 5.02 Å². The van der Waals surface area contributed by atoms with Gasteiger partial charge >= 0.3 is 6.03 Å². The number of carbonyl (C=O) groups is 2. The number of halogens is 1. The first kappa shape index (κ1) is 30.4. The molecular formula is C32H31ClN8O3S. The molecule has 3 N–H and O–H groups in total. The summed E-state index contributed by atoms with van der Waals surface area (Å²) in [5.74, 6) is 0.699. The summed E-state index contributed by atoms with van der Waals surface area (Å²) in [6.45, 7) is 3.49. The number of amides is 2. The number of carbonyl (C=O) groups excluding carboxylic acids is 2. The molecule has 0 spiro atoms. The first-order valence-electron chi connectivity index (χ1n) is 14.6. The average Bonchev–Trinajstić information content (AvgIpc) is 3.83. The van der Waals surface area contributed by atoms with Crippen LogP contribution in [0.5, 0.6) is 5.88 Å². The maximum Gasteiger partial charge on any atom is 0.326 e. The van der Waals surface area contributed by atoms with Crippen molar-refractivity contribution in [3.63, 3.8) is 0 Å². The van der Waals surface area contributed by atoms with Crippen molar-refractivity contribution >= 4 is 46.4 Å². The molecule has 13 heteroatoms. The van der Waals surface area contributed by atoms with Gasteiger partial charge in [0.25, 0.3) is 0 Å². The second kappa shape index (κ2) is 14.0. The third kappa shape index (κ3) is 7.19. The number of nitrogens with zero attached hydrogens (tertiary/aromatic N) is 5. The number of Topliss-reactive ketones (excluding diaryl/α,β-unsaturated/α-hetero) is 1. The van der Waals surface area contributed by atoms with Gasteiger partial charge in [-0.3, -0.25) is 20.4 Å². The Morgan fingerprint density at radius 2 is 1.89 bits per heavy atom. The van der Waals surface area contributed by atoms with E-state index in [-0.39, 0.29) is 23.4 Å². The highest BCUT2D eigenvalue weighted by atomic mass is 35.5. The van der Waals surface area contributed by atoms with E-state index in [9.17, 15) is 9.59 Å². The molecule has 6 rings (SSSR count). The van der Waals surface area contributed by atoms with Crippen LogP contribution >= 0.6 is 22.9 Å². The number of benzene rings is 1. The number of ketones is 1. The number of nitrogens with one attached hydrogen (secondary N) is 3. The number of thiazole rings is 1. The molecule has 0 radical (unpaired) electrons. The maximum absolute atomic E-state index is 14.2. The van der Waals surface area contributed by atoms with Crippen LogP contribution in [0, 0.1) is 5.92 Å². The minimum Gasteiger partial charge on any atom is -0.466 e. The van der Waals surface area contributed by atoms with Crippen molar-refractivity contribution in [1.29, 1.82) is 0 Å². The normalized spacial score (nSPS) is 15.0. The van der Waals surface area contributed by atoms with Crippen LogP contribution in [-0.2, 0) is 6.42 Å². The lowest BCUT2D eigenvalue weighted by Crippen LogP contribution is -2.37. The van der Waals surface area contributed by atoms with Crippen LogP contribution < -0.4 is 20.7 Å². The number of anilines is 2. The predicted molar refractivity (Wildman–Crippen MR) is 175 cm³/mol. The number of aromatic nitrogens is 5. The van der Waals surface area contributed by atoms with Crippen LogP contribution in [0.3, 0.4) is 0 Å². The highest BCUT2D eigenvalue weighted by Gasteiger charge is 2.35. The zero-order chi connectivity index (χ0) is 31.2. The highest BCUT2D eigenvalue weighted by Crippen LogP contribution is 2.28. The van der Waals surface area contributed by atoms with E-state index in [0.29, 0.717) is 29.4 Å². The van der Waals surface area contributed by atoms with Crippen LogP contribution in [0.15, 0.2) is 78.6 Å². The summed E-state index contributed by atoms with van der Waals surface area (Å²) in [5, 5.41) is 16.5. The Bertz CT molecular complexity index is 1770. The lowest BCUT2D eigenvalue weighted by molar-refractivity contribution is 0.0682. The molecule has 1 aromatic carbocycles. The Hall–Kier alpha value is -4.65. The Kier molecular flexibility index (Phi) is 9.44. The third-order valence-corrected chi connectivity index (χ3v) is 8.51. The van der Waals surface area contributed by atoms with E-state index in [1.165, 1.54) is 11.3 Å². The molecule has 45 heavy (non-hydrogen) atoms. The monoisotopic (exact) mass is 642 g/mol. The quantitative estimate of drug-likeness (QED) is 0.143. The molecule has 2 unspecified atom stereocenters. The maximum atomic E-state index is 14.2. The third-order valence-electron chi connectivity index (χ3n) is 7.36. The number of hydrogen-bond acceptors (Lipinski definition) is 9. The molecule has 5 aromatic rings. The van der Waals surface area contributed by atoms with Gasteiger partial charge in [0.15, 0.2) is 6.10 Å². The number of pyridine rings is 2. The molecule has 0 bridgehead atoms. The van der Waals surface area contributed by atoms with Crippen molar-refractivity contribution in [2.75, 3.05) is 23.7 Å². The SMILES string of the molecule is CCCc1c(C(=O)C(Oc2cccc(NC(=O)Nc3csc(-c4ccncc4)n3)n2)C2CCNC2)cnn1-c1ccc(Cl)cc1. The first-order valence-corrected chi connectivity index (χ1v) is 15.9. The smallest absolute Gasteiger partial charge is 0.326 e. The van der Waals surface area contributed by atoms with E-state index in [1.807, 2.05) is 24.3 Å². The van der Waals surface area contributed by atoms with E-state index in [1.54, 1.807) is 59.0 Å². The average molecular weight is 643 g/mol. The van der Waals surface area contributed by atoms with Crippen molar-refractivity contribution in [2.45, 2.75) is 32.3 Å². The molecule has 1 aliphatic heterocycles. The van der Waals surface area contributed by atoms with Gasteiger partial charge in [-0.1, -0.05) is 31.0 Å². The molecule has 11 nitrogen and oxygen atoms in total. The van der Waals surface area contributed by atoms with E-state index in [0.717, 1.165) is 41.3 Å². The minimum absolute atomic E-state index is 0.0631. The Morgan fingerprint density at radius 1 is 1.09 bits per heavy atom. The van der Waals surface area contributed by atoms with Gasteiger partial charge in [-0.05, 0) is 61.9 Å². The van der Waals surface area contributed by atoms with Gasteiger partial charge in [-0.15, -0.1) is 11.3 Å². The van der Waals surface area contributed by atoms with Gasteiger partial charge < -0.3 is 10.1 Å². The fourth-order valence-corrected chi connectivity index (χ4v) is 6.10. The molecule has 1 fully saturated rings. The predicted octanol–water partition coefficient (Wildman–Crippen LogP) is 6.28. The standard InChI is InChI=1S/C32H31ClN8O3S/c1-2-4-25-24(18-36-41(25)23-9-7-22(33)8-10-23)29(42)30(21-13-16-35-17-21)44-28-6-3-5-26(37-28)39-32(43)40-27-19-45-31(38-27)20-11-14-34-15-12-20/h3,5-12,14-15,18-19,21,30,35H,2,4,13,16-17H2,1H3,(H2,37,39,40,43). The molecule has 4 aromatic heterocycles. The van der Waals surface area contributed by atoms with E-state index in [4.69, 9.17) is 16.3 Å². The van der Waals surface area contributed by atoms with Gasteiger partial charge in [-0.25, -0.2) is 14.5 Å². The van der Waals surface area contributed by atoms with Crippen LogP contribution in [-0.4, -0.2) is 55.7 Å². The van der Waals surface area contributed by atoms with Crippen LogP contribution in [0.4, 0.5) is 16.4 Å². The van der Waals surface area contributed by atoms with Crippen molar-refractivity contribution in [3.8, 4) is 22.1 Å². The van der Waals surface area contributed by atoms with Gasteiger partial charge in [0.05, 0.1) is 23.1 Å². The lowest BCUT2D eigenvalue weighted by Gasteiger charge is -2.23. The van der Waals surface area contributed by atoms with Gasteiger partial charge in [0.2, 0.25) is 11.7 Å². The molecular weight excluding hydrogens is 612 g/mol. The number of urea groups is 1. The van der Waals surface area contributed by atoms with Crippen LogP contribution in [0.1, 0.15) is 35.8 Å². The van der Waals surface area contributed by atoms with Crippen molar-refractivity contribution < 1.29 is 14.3 Å². The lowest BCUT2D eigenvalue weighted by atomic mass is 9.93. The van der Waals surface area contributed by atoms with Gasteiger partial charge in [0.1, 0.15) is 16.6 Å². The molecule has 5 heterocycles. The Morgan fingerprint density at radius 3 is 2.64 bits per heavy atom. The molecule has 0 aliphatic carbocycles. The molecule has 2 atom stereocenters. The zero-order valence-electron chi connectivity index (χ0n) is 24.4. The zero-order valence-corrected chi connectivity index (χ0v) is 26.0. The van der Waals surface area contributed by atoms with Crippen molar-refractivity contribution in [2.24, 2.45) is 5.92 Å². The van der Waals surface area contributed by atoms with Gasteiger partial charge in [0, 0.05) is 46.9 Å². The molecule has 2 amide bonds. The summed E-state index contributed by atoms with van der Waals surface area (Å²) in [4.78, 5) is 39.9. The number of hydrogen-bond donors (Lipinski definition) is 3. The summed E-state index contributed by atoms with van der Waals surface area (Å²) in [6.07, 6.45) is 6.48. The number of rotatable bonds is 11. The highest BCUT2D eigenvalue weighted by molar-refractivity contribution is 7.13. The Balaban J connectivity index is 1.18. The fraction of sp³-hybridized carbons (Fsp3) is 0.250. The molecule has 0 saturated carbocycles. The van der Waals surface area contributed by atoms with Crippen molar-refractivity contribution in [1.82, 2.24) is 30.0 Å². The van der Waals surface area contributed by atoms with Gasteiger partial charge in [-0.2, -0.15) is 10.1 Å². The largest absolute Gasteiger partial charge is 0.466 e. The molecule has 1 aliphatic rings. The second-order valence-electron chi connectivity index (χ2n) is 10.5. The van der Waals surface area contributed by atoms with Crippen molar-refractivity contribution in [3.05, 3.63) is 94.8 Å². The van der Waals surface area contributed by atoms with E-state index >= 15 is 0 Å². The Labute approximate surface area is 269 Å².